The molecule has 0 radical (unpaired) electrons. The van der Waals surface area contributed by atoms with Gasteiger partial charge in [-0.3, -0.25) is 14.5 Å². The van der Waals surface area contributed by atoms with Crippen LogP contribution in [0.1, 0.15) is 18.9 Å². The van der Waals surface area contributed by atoms with Crippen molar-refractivity contribution in [1.29, 1.82) is 0 Å². The first-order chi connectivity index (χ1) is 18.2. The van der Waals surface area contributed by atoms with Gasteiger partial charge in [-0.05, 0) is 47.0 Å². The zero-order chi connectivity index (χ0) is 27.1. The van der Waals surface area contributed by atoms with Crippen LogP contribution in [0.3, 0.4) is 0 Å². The fourth-order valence-corrected chi connectivity index (χ4v) is 6.49. The van der Waals surface area contributed by atoms with Crippen LogP contribution in [0.2, 0.25) is 0 Å². The van der Waals surface area contributed by atoms with E-state index in [1.807, 2.05) is 24.3 Å². The van der Waals surface area contributed by atoms with Crippen LogP contribution in [-0.4, -0.2) is 73.1 Å². The molecule has 0 aliphatic carbocycles. The minimum Gasteiger partial charge on any atom is -0.338 e. The van der Waals surface area contributed by atoms with Gasteiger partial charge in [0, 0.05) is 26.2 Å². The molecule has 38 heavy (non-hydrogen) atoms. The lowest BCUT2D eigenvalue weighted by Gasteiger charge is -2.34. The molecule has 3 aromatic rings. The van der Waals surface area contributed by atoms with Crippen LogP contribution in [0.5, 0.6) is 0 Å². The molecule has 0 bridgehead atoms. The number of hydrogen-bond donors (Lipinski definition) is 1. The second kappa shape index (κ2) is 9.80. The Bertz CT molecular complexity index is 1520. The Morgan fingerprint density at radius 3 is 2.26 bits per heavy atom. The fraction of sp³-hybridized carbons (Fsp3) is 0.296. The highest BCUT2D eigenvalue weighted by atomic mass is 32.2. The third-order valence-corrected chi connectivity index (χ3v) is 9.18. The number of carbonyl (C=O) groups is 3. The molecule has 9 nitrogen and oxygen atoms in total. The minimum atomic E-state index is -3.76. The van der Waals surface area contributed by atoms with Gasteiger partial charge in [0.2, 0.25) is 15.9 Å². The van der Waals surface area contributed by atoms with E-state index in [0.29, 0.717) is 5.56 Å². The van der Waals surface area contributed by atoms with E-state index < -0.39 is 45.8 Å². The summed E-state index contributed by atoms with van der Waals surface area (Å²) in [5.41, 5.74) is -0.945. The molecule has 3 aromatic carbocycles. The Hall–Kier alpha value is -3.83. The molecule has 0 aromatic heterocycles. The lowest BCUT2D eigenvalue weighted by atomic mass is 9.87. The van der Waals surface area contributed by atoms with Crippen LogP contribution in [0.25, 0.3) is 10.8 Å². The molecule has 2 aliphatic heterocycles. The normalized spacial score (nSPS) is 20.7. The van der Waals surface area contributed by atoms with Crippen molar-refractivity contribution in [3.8, 4) is 0 Å². The molecule has 1 N–H and O–H groups in total. The standard InChI is InChI=1S/C27H27FN4O5S/c1-2-27(21-8-10-22(28)11-9-21)25(34)32(26(35)29-27)18-24(33)30-13-15-31(16-14-30)38(36,37)23-12-7-19-5-3-4-6-20(19)17-23/h3-12,17H,2,13-16,18H2,1H3,(H,29,35)/t27-/m1/s1. The van der Waals surface area contributed by atoms with E-state index in [-0.39, 0.29) is 37.5 Å². The molecule has 4 amide bonds. The van der Waals surface area contributed by atoms with Crippen molar-refractivity contribution >= 4 is 38.6 Å². The van der Waals surface area contributed by atoms with Crippen molar-refractivity contribution in [3.05, 3.63) is 78.1 Å². The molecule has 0 unspecified atom stereocenters. The second-order valence-corrected chi connectivity index (χ2v) is 11.3. The molecule has 2 heterocycles. The van der Waals surface area contributed by atoms with Gasteiger partial charge in [-0.25, -0.2) is 17.6 Å². The summed E-state index contributed by atoms with van der Waals surface area (Å²) < 4.78 is 41.2. The van der Waals surface area contributed by atoms with Crippen molar-refractivity contribution in [2.75, 3.05) is 32.7 Å². The van der Waals surface area contributed by atoms with Gasteiger partial charge in [0.1, 0.15) is 17.9 Å². The molecular weight excluding hydrogens is 511 g/mol. The lowest BCUT2D eigenvalue weighted by Crippen LogP contribution is -2.53. The molecule has 2 aliphatic rings. The fourth-order valence-electron chi connectivity index (χ4n) is 5.03. The number of piperazine rings is 1. The number of imide groups is 1. The largest absolute Gasteiger partial charge is 0.338 e. The maximum absolute atomic E-state index is 13.4. The van der Waals surface area contributed by atoms with Crippen molar-refractivity contribution in [1.82, 2.24) is 19.4 Å². The highest BCUT2D eigenvalue weighted by molar-refractivity contribution is 7.89. The van der Waals surface area contributed by atoms with Crippen LogP contribution in [-0.2, 0) is 25.2 Å². The molecule has 198 valence electrons. The molecular formula is C27H27FN4O5S. The summed E-state index contributed by atoms with van der Waals surface area (Å²) in [7, 11) is -3.76. The summed E-state index contributed by atoms with van der Waals surface area (Å²) in [4.78, 5) is 41.6. The van der Waals surface area contributed by atoms with Gasteiger partial charge < -0.3 is 10.2 Å². The van der Waals surface area contributed by atoms with Crippen molar-refractivity contribution < 1.29 is 27.2 Å². The van der Waals surface area contributed by atoms with Crippen LogP contribution in [0, 0.1) is 5.82 Å². The summed E-state index contributed by atoms with van der Waals surface area (Å²) in [5, 5.41) is 4.43. The van der Waals surface area contributed by atoms with E-state index in [1.165, 1.54) is 33.5 Å². The number of fused-ring (bicyclic) bond motifs is 1. The Labute approximate surface area is 219 Å². The quantitative estimate of drug-likeness (QED) is 0.486. The monoisotopic (exact) mass is 538 g/mol. The number of hydrogen-bond acceptors (Lipinski definition) is 5. The Morgan fingerprint density at radius 1 is 0.947 bits per heavy atom. The molecule has 2 saturated heterocycles. The average molecular weight is 539 g/mol. The van der Waals surface area contributed by atoms with E-state index in [1.54, 1.807) is 25.1 Å². The van der Waals surface area contributed by atoms with Gasteiger partial charge in [-0.15, -0.1) is 0 Å². The third-order valence-electron chi connectivity index (χ3n) is 7.29. The number of nitrogens with zero attached hydrogens (tertiary/aromatic N) is 3. The molecule has 5 rings (SSSR count). The Morgan fingerprint density at radius 2 is 1.61 bits per heavy atom. The Kier molecular flexibility index (Phi) is 6.66. The third kappa shape index (κ3) is 4.41. The zero-order valence-corrected chi connectivity index (χ0v) is 21.6. The molecule has 2 fully saturated rings. The van der Waals surface area contributed by atoms with E-state index in [4.69, 9.17) is 0 Å². The highest BCUT2D eigenvalue weighted by Gasteiger charge is 2.52. The first-order valence-electron chi connectivity index (χ1n) is 12.3. The zero-order valence-electron chi connectivity index (χ0n) is 20.8. The maximum atomic E-state index is 13.4. The van der Waals surface area contributed by atoms with Crippen LogP contribution < -0.4 is 5.32 Å². The van der Waals surface area contributed by atoms with Gasteiger partial charge in [0.05, 0.1) is 4.90 Å². The maximum Gasteiger partial charge on any atom is 0.325 e. The number of rotatable bonds is 6. The number of carbonyl (C=O) groups excluding carboxylic acids is 3. The number of urea groups is 1. The Balaban J connectivity index is 1.25. The first-order valence-corrected chi connectivity index (χ1v) is 13.8. The van der Waals surface area contributed by atoms with E-state index >= 15 is 0 Å². The summed E-state index contributed by atoms with van der Waals surface area (Å²) in [5.74, 6) is -1.50. The summed E-state index contributed by atoms with van der Waals surface area (Å²) in [6.07, 6.45) is 0.221. The number of nitrogens with one attached hydrogen (secondary N) is 1. The van der Waals surface area contributed by atoms with Crippen molar-refractivity contribution in [3.63, 3.8) is 0 Å². The first kappa shape index (κ1) is 25.8. The summed E-state index contributed by atoms with van der Waals surface area (Å²) >= 11 is 0. The van der Waals surface area contributed by atoms with E-state index in [9.17, 15) is 27.2 Å². The van der Waals surface area contributed by atoms with E-state index in [2.05, 4.69) is 5.32 Å². The minimum absolute atomic E-state index is 0.0928. The van der Waals surface area contributed by atoms with Gasteiger partial charge >= 0.3 is 6.03 Å². The summed E-state index contributed by atoms with van der Waals surface area (Å²) in [6.45, 7) is 1.70. The number of halogens is 1. The summed E-state index contributed by atoms with van der Waals surface area (Å²) in [6, 6.07) is 17.1. The number of amides is 4. The number of benzene rings is 3. The molecule has 0 saturated carbocycles. The highest BCUT2D eigenvalue weighted by Crippen LogP contribution is 2.32. The van der Waals surface area contributed by atoms with Gasteiger partial charge in [-0.1, -0.05) is 49.4 Å². The molecule has 0 spiro atoms. The SMILES string of the molecule is CC[C@]1(c2ccc(F)cc2)NC(=O)N(CC(=O)N2CCN(S(=O)(=O)c3ccc4ccccc4c3)CC2)C1=O. The molecule has 1 atom stereocenters. The predicted octanol–water partition coefficient (Wildman–Crippen LogP) is 2.67. The smallest absolute Gasteiger partial charge is 0.325 e. The predicted molar refractivity (Wildman–Crippen MR) is 138 cm³/mol. The van der Waals surface area contributed by atoms with E-state index in [0.717, 1.165) is 15.7 Å². The van der Waals surface area contributed by atoms with Gasteiger partial charge in [-0.2, -0.15) is 4.31 Å². The van der Waals surface area contributed by atoms with Gasteiger partial charge in [0.25, 0.3) is 5.91 Å². The second-order valence-electron chi connectivity index (χ2n) is 9.38. The number of sulfonamides is 1. The molecule has 11 heteroatoms. The van der Waals surface area contributed by atoms with Crippen molar-refractivity contribution in [2.24, 2.45) is 0 Å². The van der Waals surface area contributed by atoms with Crippen molar-refractivity contribution in [2.45, 2.75) is 23.8 Å². The van der Waals surface area contributed by atoms with Crippen LogP contribution >= 0.6 is 0 Å². The lowest BCUT2D eigenvalue weighted by molar-refractivity contribution is -0.139. The van der Waals surface area contributed by atoms with Gasteiger partial charge in [0.15, 0.2) is 0 Å². The average Bonchev–Trinajstić information content (AvgIpc) is 3.18. The topological polar surface area (TPSA) is 107 Å². The van der Waals surface area contributed by atoms with Crippen LogP contribution in [0.4, 0.5) is 9.18 Å². The van der Waals surface area contributed by atoms with Crippen LogP contribution in [0.15, 0.2) is 71.6 Å².